The largest absolute Gasteiger partial charge is 0.322 e. The van der Waals surface area contributed by atoms with E-state index in [0.29, 0.717) is 5.92 Å². The summed E-state index contributed by atoms with van der Waals surface area (Å²) in [6.45, 7) is 1.73. The molecule has 0 spiro atoms. The summed E-state index contributed by atoms with van der Waals surface area (Å²) in [5, 5.41) is 5.77. The van der Waals surface area contributed by atoms with Crippen LogP contribution in [0, 0.1) is 17.6 Å². The van der Waals surface area contributed by atoms with Crippen molar-refractivity contribution in [2.24, 2.45) is 5.92 Å². The summed E-state index contributed by atoms with van der Waals surface area (Å²) in [7, 11) is 0. The van der Waals surface area contributed by atoms with Crippen molar-refractivity contribution in [3.63, 3.8) is 0 Å². The van der Waals surface area contributed by atoms with Gasteiger partial charge in [0.05, 0.1) is 11.7 Å². The molecule has 1 aliphatic rings. The lowest BCUT2D eigenvalue weighted by molar-refractivity contribution is -0.118. The summed E-state index contributed by atoms with van der Waals surface area (Å²) >= 11 is 0. The number of carbonyl (C=O) groups excluding carboxylic acids is 1. The number of amides is 1. The maximum Gasteiger partial charge on any atom is 0.241 e. The van der Waals surface area contributed by atoms with Crippen LogP contribution in [0.1, 0.15) is 31.4 Å². The zero-order valence-electron chi connectivity index (χ0n) is 13.4. The van der Waals surface area contributed by atoms with E-state index in [1.165, 1.54) is 0 Å². The minimum absolute atomic E-state index is 0.0873. The molecule has 0 heterocycles. The second-order valence-corrected chi connectivity index (χ2v) is 6.23. The van der Waals surface area contributed by atoms with Crippen molar-refractivity contribution >= 4 is 11.6 Å². The highest BCUT2D eigenvalue weighted by molar-refractivity contribution is 5.94. The highest BCUT2D eigenvalue weighted by Gasteiger charge is 2.34. The van der Waals surface area contributed by atoms with Crippen LogP contribution >= 0.6 is 0 Å². The first-order valence-corrected chi connectivity index (χ1v) is 8.11. The molecule has 126 valence electrons. The number of rotatable bonds is 6. The molecule has 0 aromatic heterocycles. The van der Waals surface area contributed by atoms with Gasteiger partial charge in [-0.2, -0.15) is 0 Å². The molecular formula is C19H20F2N2O. The molecule has 1 saturated carbocycles. The van der Waals surface area contributed by atoms with E-state index in [-0.39, 0.29) is 17.6 Å². The van der Waals surface area contributed by atoms with Crippen LogP contribution in [-0.2, 0) is 4.79 Å². The topological polar surface area (TPSA) is 41.1 Å². The lowest BCUT2D eigenvalue weighted by Gasteiger charge is -2.23. The second kappa shape index (κ2) is 7.09. The number of benzene rings is 2. The molecule has 2 aromatic carbocycles. The smallest absolute Gasteiger partial charge is 0.241 e. The summed E-state index contributed by atoms with van der Waals surface area (Å²) in [6.07, 6.45) is 2.25. The summed E-state index contributed by atoms with van der Waals surface area (Å²) < 4.78 is 26.9. The molecule has 2 N–H and O–H groups in total. The average molecular weight is 330 g/mol. The Morgan fingerprint density at radius 1 is 1.12 bits per heavy atom. The van der Waals surface area contributed by atoms with Crippen LogP contribution in [0.3, 0.4) is 0 Å². The van der Waals surface area contributed by atoms with Gasteiger partial charge in [-0.3, -0.25) is 10.1 Å². The van der Waals surface area contributed by atoms with E-state index >= 15 is 0 Å². The van der Waals surface area contributed by atoms with E-state index in [1.54, 1.807) is 6.92 Å². The summed E-state index contributed by atoms with van der Waals surface area (Å²) in [5.74, 6) is -1.12. The monoisotopic (exact) mass is 330 g/mol. The Balaban J connectivity index is 1.67. The molecule has 0 saturated heterocycles. The first-order chi connectivity index (χ1) is 11.5. The van der Waals surface area contributed by atoms with Gasteiger partial charge in [-0.05, 0) is 43.4 Å². The highest BCUT2D eigenvalue weighted by Crippen LogP contribution is 2.41. The van der Waals surface area contributed by atoms with Crippen LogP contribution in [-0.4, -0.2) is 11.9 Å². The third-order valence-electron chi connectivity index (χ3n) is 4.26. The van der Waals surface area contributed by atoms with E-state index in [4.69, 9.17) is 0 Å². The van der Waals surface area contributed by atoms with Crippen LogP contribution in [0.5, 0.6) is 0 Å². The van der Waals surface area contributed by atoms with E-state index < -0.39 is 17.7 Å². The van der Waals surface area contributed by atoms with Gasteiger partial charge in [0, 0.05) is 12.1 Å². The molecule has 0 radical (unpaired) electrons. The Labute approximate surface area is 140 Å². The van der Waals surface area contributed by atoms with Crippen LogP contribution < -0.4 is 10.6 Å². The van der Waals surface area contributed by atoms with E-state index in [0.717, 1.165) is 36.6 Å². The molecule has 0 unspecified atom stereocenters. The molecule has 3 rings (SSSR count). The van der Waals surface area contributed by atoms with Gasteiger partial charge in [0.15, 0.2) is 0 Å². The Morgan fingerprint density at radius 3 is 2.50 bits per heavy atom. The minimum Gasteiger partial charge on any atom is -0.322 e. The molecule has 2 atom stereocenters. The molecule has 1 aliphatic carbocycles. The first kappa shape index (κ1) is 16.6. The van der Waals surface area contributed by atoms with Crippen LogP contribution in [0.2, 0.25) is 0 Å². The average Bonchev–Trinajstić information content (AvgIpc) is 3.41. The van der Waals surface area contributed by atoms with Gasteiger partial charge >= 0.3 is 0 Å². The summed E-state index contributed by atoms with van der Waals surface area (Å²) in [5.41, 5.74) is 0.993. The number of carbonyl (C=O) groups is 1. The minimum atomic E-state index is -0.654. The highest BCUT2D eigenvalue weighted by atomic mass is 19.1. The van der Waals surface area contributed by atoms with Crippen molar-refractivity contribution in [3.8, 4) is 0 Å². The maximum absolute atomic E-state index is 13.7. The molecule has 2 aromatic rings. The van der Waals surface area contributed by atoms with Gasteiger partial charge in [-0.1, -0.05) is 30.3 Å². The van der Waals surface area contributed by atoms with Crippen molar-refractivity contribution in [1.29, 1.82) is 0 Å². The van der Waals surface area contributed by atoms with Crippen LogP contribution in [0.15, 0.2) is 48.5 Å². The molecule has 5 heteroatoms. The summed E-state index contributed by atoms with van der Waals surface area (Å²) in [4.78, 5) is 12.3. The fraction of sp³-hybridized carbons (Fsp3) is 0.316. The van der Waals surface area contributed by atoms with Gasteiger partial charge in [0.1, 0.15) is 11.6 Å². The van der Waals surface area contributed by atoms with Gasteiger partial charge < -0.3 is 5.32 Å². The Bertz CT molecular complexity index is 717. The normalized spacial score (nSPS) is 16.5. The van der Waals surface area contributed by atoms with Crippen molar-refractivity contribution in [2.45, 2.75) is 31.8 Å². The van der Waals surface area contributed by atoms with Gasteiger partial charge in [0.25, 0.3) is 0 Å². The number of anilines is 1. The third-order valence-corrected chi connectivity index (χ3v) is 4.26. The lowest BCUT2D eigenvalue weighted by atomic mass is 10.0. The Morgan fingerprint density at radius 2 is 1.83 bits per heavy atom. The van der Waals surface area contributed by atoms with E-state index in [2.05, 4.69) is 10.6 Å². The first-order valence-electron chi connectivity index (χ1n) is 8.11. The van der Waals surface area contributed by atoms with Crippen molar-refractivity contribution in [2.75, 3.05) is 5.32 Å². The molecule has 1 amide bonds. The molecule has 0 bridgehead atoms. The number of hydrogen-bond donors (Lipinski definition) is 2. The van der Waals surface area contributed by atoms with Crippen molar-refractivity contribution in [3.05, 3.63) is 65.7 Å². The predicted octanol–water partition coefficient (Wildman–Crippen LogP) is 4.03. The Kier molecular flexibility index (Phi) is 4.90. The predicted molar refractivity (Wildman–Crippen MR) is 89.5 cm³/mol. The van der Waals surface area contributed by atoms with Crippen LogP contribution in [0.4, 0.5) is 14.5 Å². The van der Waals surface area contributed by atoms with Crippen molar-refractivity contribution < 1.29 is 13.6 Å². The summed E-state index contributed by atoms with van der Waals surface area (Å²) in [6, 6.07) is 12.5. The number of nitrogens with one attached hydrogen (secondary N) is 2. The van der Waals surface area contributed by atoms with E-state index in [9.17, 15) is 13.6 Å². The SMILES string of the molecule is C[C@@H](N[C@H](c1ccccc1)C1CC1)C(=O)Nc1cc(F)ccc1F. The molecule has 24 heavy (non-hydrogen) atoms. The fourth-order valence-electron chi connectivity index (χ4n) is 2.77. The van der Waals surface area contributed by atoms with Crippen molar-refractivity contribution in [1.82, 2.24) is 5.32 Å². The molecule has 0 aliphatic heterocycles. The maximum atomic E-state index is 13.7. The van der Waals surface area contributed by atoms with Gasteiger partial charge in [0.2, 0.25) is 5.91 Å². The lowest BCUT2D eigenvalue weighted by Crippen LogP contribution is -2.41. The van der Waals surface area contributed by atoms with Gasteiger partial charge in [-0.25, -0.2) is 8.78 Å². The zero-order valence-corrected chi connectivity index (χ0v) is 13.4. The Hall–Kier alpha value is -2.27. The van der Waals surface area contributed by atoms with Gasteiger partial charge in [-0.15, -0.1) is 0 Å². The molecular weight excluding hydrogens is 310 g/mol. The quantitative estimate of drug-likeness (QED) is 0.839. The third kappa shape index (κ3) is 3.97. The molecule has 1 fully saturated rings. The molecule has 3 nitrogen and oxygen atoms in total. The fourth-order valence-corrected chi connectivity index (χ4v) is 2.77. The second-order valence-electron chi connectivity index (χ2n) is 6.23. The zero-order chi connectivity index (χ0) is 17.1. The number of halogens is 2. The number of hydrogen-bond acceptors (Lipinski definition) is 2. The van der Waals surface area contributed by atoms with E-state index in [1.807, 2.05) is 30.3 Å². The van der Waals surface area contributed by atoms with Crippen LogP contribution in [0.25, 0.3) is 0 Å². The standard InChI is InChI=1S/C19H20F2N2O/c1-12(19(24)23-17-11-15(20)9-10-16(17)21)22-18(14-7-8-14)13-5-3-2-4-6-13/h2-6,9-12,14,18,22H,7-8H2,1H3,(H,23,24)/t12-,18-/m1/s1.